The fourth-order valence-electron chi connectivity index (χ4n) is 2.85. The van der Waals surface area contributed by atoms with Gasteiger partial charge in [0.2, 0.25) is 5.91 Å². The van der Waals surface area contributed by atoms with E-state index in [0.29, 0.717) is 23.3 Å². The zero-order chi connectivity index (χ0) is 20.3. The molecule has 1 aromatic carbocycles. The van der Waals surface area contributed by atoms with Crippen molar-refractivity contribution in [3.8, 4) is 6.07 Å². The van der Waals surface area contributed by atoms with Gasteiger partial charge in [-0.05, 0) is 50.1 Å². The van der Waals surface area contributed by atoms with E-state index in [1.54, 1.807) is 4.52 Å². The van der Waals surface area contributed by atoms with Crippen LogP contribution in [0.5, 0.6) is 0 Å². The third kappa shape index (κ3) is 3.81. The number of hydrazine groups is 1. The second kappa shape index (κ2) is 7.84. The number of aromatic nitrogens is 3. The minimum atomic E-state index is -0.538. The number of nitrogens with zero attached hydrogens (tertiary/aromatic N) is 4. The monoisotopic (exact) mass is 380 g/mol. The number of hydrogen-bond donors (Lipinski definition) is 2. The largest absolute Gasteiger partial charge is 0.273 e. The smallest absolute Gasteiger partial charge is 0.269 e. The second-order valence-electron chi connectivity index (χ2n) is 6.18. The van der Waals surface area contributed by atoms with Crippen molar-refractivity contribution in [2.24, 2.45) is 0 Å². The first kappa shape index (κ1) is 19.0. The molecule has 9 heteroatoms. The zero-order valence-corrected chi connectivity index (χ0v) is 15.3. The standard InChI is InChI=1S/C19H17FN6O2/c1-11-16(12(2)26-18(23-11)14(9-21)10-22-26)7-8-17(27)24-25-19(28)13-3-5-15(20)6-4-13/h3-6,10H,7-8H2,1-2H3,(H,24,27)(H,25,28). The third-order valence-electron chi connectivity index (χ3n) is 4.35. The van der Waals surface area contributed by atoms with Crippen molar-refractivity contribution in [3.63, 3.8) is 0 Å². The van der Waals surface area contributed by atoms with Gasteiger partial charge in [0.15, 0.2) is 5.65 Å². The first-order valence-electron chi connectivity index (χ1n) is 8.49. The predicted molar refractivity (Wildman–Crippen MR) is 97.5 cm³/mol. The van der Waals surface area contributed by atoms with Gasteiger partial charge in [0, 0.05) is 23.4 Å². The summed E-state index contributed by atoms with van der Waals surface area (Å²) in [5.74, 6) is -1.37. The van der Waals surface area contributed by atoms with Crippen LogP contribution in [0.25, 0.3) is 5.65 Å². The summed E-state index contributed by atoms with van der Waals surface area (Å²) in [7, 11) is 0. The molecule has 2 heterocycles. The van der Waals surface area contributed by atoms with Crippen molar-refractivity contribution in [1.82, 2.24) is 25.4 Å². The number of aryl methyl sites for hydroxylation is 2. The van der Waals surface area contributed by atoms with E-state index in [4.69, 9.17) is 5.26 Å². The van der Waals surface area contributed by atoms with Crippen LogP contribution in [0.2, 0.25) is 0 Å². The van der Waals surface area contributed by atoms with Crippen LogP contribution in [0.3, 0.4) is 0 Å². The molecule has 0 aliphatic heterocycles. The van der Waals surface area contributed by atoms with Crippen LogP contribution in [0, 0.1) is 31.0 Å². The van der Waals surface area contributed by atoms with Gasteiger partial charge in [0.05, 0.1) is 6.20 Å². The van der Waals surface area contributed by atoms with Crippen LogP contribution in [-0.2, 0) is 11.2 Å². The summed E-state index contributed by atoms with van der Waals surface area (Å²) >= 11 is 0. The fraction of sp³-hybridized carbons (Fsp3) is 0.211. The molecular weight excluding hydrogens is 363 g/mol. The lowest BCUT2D eigenvalue weighted by Gasteiger charge is -2.11. The molecule has 142 valence electrons. The van der Waals surface area contributed by atoms with Crippen LogP contribution in [-0.4, -0.2) is 26.4 Å². The number of benzene rings is 1. The van der Waals surface area contributed by atoms with Gasteiger partial charge in [-0.2, -0.15) is 10.4 Å². The van der Waals surface area contributed by atoms with Gasteiger partial charge in [-0.15, -0.1) is 0 Å². The molecule has 0 saturated carbocycles. The predicted octanol–water partition coefficient (Wildman–Crippen LogP) is 1.75. The molecule has 3 rings (SSSR count). The Hall–Kier alpha value is -3.80. The average molecular weight is 380 g/mol. The maximum absolute atomic E-state index is 12.9. The summed E-state index contributed by atoms with van der Waals surface area (Å²) in [5.41, 5.74) is 8.09. The molecular formula is C19H17FN6O2. The molecule has 0 aliphatic rings. The molecule has 0 fully saturated rings. The van der Waals surface area contributed by atoms with Crippen LogP contribution in [0.15, 0.2) is 30.5 Å². The Kier molecular flexibility index (Phi) is 5.31. The summed E-state index contributed by atoms with van der Waals surface area (Å²) in [4.78, 5) is 28.4. The van der Waals surface area contributed by atoms with Crippen molar-refractivity contribution >= 4 is 17.5 Å². The Morgan fingerprint density at radius 3 is 2.61 bits per heavy atom. The van der Waals surface area contributed by atoms with Gasteiger partial charge < -0.3 is 0 Å². The summed E-state index contributed by atoms with van der Waals surface area (Å²) in [6.45, 7) is 3.66. The lowest BCUT2D eigenvalue weighted by molar-refractivity contribution is -0.121. The number of rotatable bonds is 4. The molecule has 0 atom stereocenters. The average Bonchev–Trinajstić information content (AvgIpc) is 3.09. The Balaban J connectivity index is 1.62. The van der Waals surface area contributed by atoms with E-state index < -0.39 is 11.7 Å². The molecule has 0 saturated heterocycles. The molecule has 2 aromatic heterocycles. The third-order valence-corrected chi connectivity index (χ3v) is 4.35. The highest BCUT2D eigenvalue weighted by Gasteiger charge is 2.15. The minimum absolute atomic E-state index is 0.116. The van der Waals surface area contributed by atoms with Gasteiger partial charge in [-0.25, -0.2) is 13.9 Å². The van der Waals surface area contributed by atoms with E-state index in [1.165, 1.54) is 30.5 Å². The minimum Gasteiger partial charge on any atom is -0.273 e. The normalized spacial score (nSPS) is 10.5. The molecule has 8 nitrogen and oxygen atoms in total. The number of amides is 2. The number of nitrogens with one attached hydrogen (secondary N) is 2. The molecule has 0 unspecified atom stereocenters. The molecule has 0 radical (unpaired) electrons. The van der Waals surface area contributed by atoms with Crippen LogP contribution >= 0.6 is 0 Å². The Morgan fingerprint density at radius 2 is 1.93 bits per heavy atom. The van der Waals surface area contributed by atoms with E-state index >= 15 is 0 Å². The maximum Gasteiger partial charge on any atom is 0.269 e. The Morgan fingerprint density at radius 1 is 1.21 bits per heavy atom. The first-order chi connectivity index (χ1) is 13.4. The van der Waals surface area contributed by atoms with Gasteiger partial charge in [0.1, 0.15) is 17.4 Å². The van der Waals surface area contributed by atoms with Crippen molar-refractivity contribution in [1.29, 1.82) is 5.26 Å². The highest BCUT2D eigenvalue weighted by molar-refractivity contribution is 5.95. The van der Waals surface area contributed by atoms with Crippen LogP contribution in [0.1, 0.15) is 39.3 Å². The van der Waals surface area contributed by atoms with Gasteiger partial charge >= 0.3 is 0 Å². The number of carbonyl (C=O) groups is 2. The topological polar surface area (TPSA) is 112 Å². The molecule has 0 aliphatic carbocycles. The first-order valence-corrected chi connectivity index (χ1v) is 8.49. The maximum atomic E-state index is 12.9. The number of fused-ring (bicyclic) bond motifs is 1. The number of nitriles is 1. The van der Waals surface area contributed by atoms with Crippen molar-refractivity contribution in [2.45, 2.75) is 26.7 Å². The second-order valence-corrected chi connectivity index (χ2v) is 6.18. The highest BCUT2D eigenvalue weighted by atomic mass is 19.1. The van der Waals surface area contributed by atoms with Gasteiger partial charge in [-0.3, -0.25) is 20.4 Å². The van der Waals surface area contributed by atoms with Crippen LogP contribution < -0.4 is 10.9 Å². The number of carbonyl (C=O) groups excluding carboxylic acids is 2. The summed E-state index contributed by atoms with van der Waals surface area (Å²) in [5, 5.41) is 13.3. The molecule has 0 spiro atoms. The molecule has 0 bridgehead atoms. The van der Waals surface area contributed by atoms with Crippen LogP contribution in [0.4, 0.5) is 4.39 Å². The van der Waals surface area contributed by atoms with E-state index in [0.717, 1.165) is 11.3 Å². The van der Waals surface area contributed by atoms with E-state index in [-0.39, 0.29) is 17.9 Å². The highest BCUT2D eigenvalue weighted by Crippen LogP contribution is 2.18. The lowest BCUT2D eigenvalue weighted by atomic mass is 10.1. The van der Waals surface area contributed by atoms with Gasteiger partial charge in [0.25, 0.3) is 5.91 Å². The van der Waals surface area contributed by atoms with E-state index in [9.17, 15) is 14.0 Å². The zero-order valence-electron chi connectivity index (χ0n) is 15.3. The summed E-state index contributed by atoms with van der Waals surface area (Å²) in [6, 6.07) is 7.02. The lowest BCUT2D eigenvalue weighted by Crippen LogP contribution is -2.41. The van der Waals surface area contributed by atoms with Crippen molar-refractivity contribution in [2.75, 3.05) is 0 Å². The molecule has 28 heavy (non-hydrogen) atoms. The molecule has 3 aromatic rings. The van der Waals surface area contributed by atoms with Crippen molar-refractivity contribution in [3.05, 3.63) is 64.4 Å². The molecule has 2 amide bonds. The summed E-state index contributed by atoms with van der Waals surface area (Å²) < 4.78 is 14.5. The Labute approximate surface area is 160 Å². The summed E-state index contributed by atoms with van der Waals surface area (Å²) in [6.07, 6.45) is 1.96. The number of halogens is 1. The molecule has 2 N–H and O–H groups in total. The Bertz CT molecular complexity index is 1100. The van der Waals surface area contributed by atoms with Crippen molar-refractivity contribution < 1.29 is 14.0 Å². The van der Waals surface area contributed by atoms with Gasteiger partial charge in [-0.1, -0.05) is 0 Å². The fourth-order valence-corrected chi connectivity index (χ4v) is 2.85. The van der Waals surface area contributed by atoms with E-state index in [1.807, 2.05) is 19.9 Å². The number of hydrogen-bond acceptors (Lipinski definition) is 5. The van der Waals surface area contributed by atoms with E-state index in [2.05, 4.69) is 20.9 Å². The SMILES string of the molecule is Cc1nc2c(C#N)cnn2c(C)c1CCC(=O)NNC(=O)c1ccc(F)cc1. The quantitative estimate of drug-likeness (QED) is 0.670.